The average molecular weight is 374 g/mol. The Kier molecular flexibility index (Phi) is 4.25. The lowest BCUT2D eigenvalue weighted by Crippen LogP contribution is -2.46. The van der Waals surface area contributed by atoms with Crippen LogP contribution in [0.15, 0.2) is 48.7 Å². The number of benzene rings is 1. The average Bonchev–Trinajstić information content (AvgIpc) is 3.35. The van der Waals surface area contributed by atoms with E-state index in [0.717, 1.165) is 5.56 Å². The Labute approximate surface area is 155 Å². The Morgan fingerprint density at radius 2 is 1.89 bits per heavy atom. The van der Waals surface area contributed by atoms with E-state index < -0.39 is 29.9 Å². The van der Waals surface area contributed by atoms with Gasteiger partial charge < -0.3 is 10.0 Å². The Balaban J connectivity index is 1.68. The van der Waals surface area contributed by atoms with Gasteiger partial charge in [0.15, 0.2) is 0 Å². The van der Waals surface area contributed by atoms with E-state index in [-0.39, 0.29) is 11.7 Å². The maximum atomic E-state index is 13.2. The second kappa shape index (κ2) is 6.48. The molecular weight excluding hydrogens is 354 g/mol. The van der Waals surface area contributed by atoms with Crippen molar-refractivity contribution in [2.75, 3.05) is 0 Å². The number of carboxylic acids is 1. The van der Waals surface area contributed by atoms with Gasteiger partial charge in [0, 0.05) is 18.3 Å². The lowest BCUT2D eigenvalue weighted by Gasteiger charge is -2.33. The van der Waals surface area contributed by atoms with Gasteiger partial charge in [0.05, 0.1) is 5.41 Å². The quantitative estimate of drug-likeness (QED) is 0.870. The van der Waals surface area contributed by atoms with Gasteiger partial charge >= 0.3 is 12.5 Å². The van der Waals surface area contributed by atoms with Crippen LogP contribution in [0, 0.1) is 5.41 Å². The molecular formula is C20H20F2N2O3. The molecule has 0 aliphatic carbocycles. The molecule has 1 aromatic carbocycles. The van der Waals surface area contributed by atoms with Crippen LogP contribution in [0.2, 0.25) is 0 Å². The number of aliphatic carboxylic acids is 1. The van der Waals surface area contributed by atoms with Gasteiger partial charge in [-0.2, -0.15) is 8.78 Å². The SMILES string of the molecule is O=C(c1cccn1C(F)F)N1[C@H]2CC[C@@H]1[C@](Cc1ccccc1)(C(=O)O)C2. The van der Waals surface area contributed by atoms with E-state index in [2.05, 4.69) is 0 Å². The van der Waals surface area contributed by atoms with E-state index >= 15 is 0 Å². The van der Waals surface area contributed by atoms with Crippen molar-refractivity contribution in [1.29, 1.82) is 0 Å². The van der Waals surface area contributed by atoms with E-state index in [1.165, 1.54) is 18.3 Å². The number of hydrogen-bond acceptors (Lipinski definition) is 2. The van der Waals surface area contributed by atoms with Crippen LogP contribution in [0.25, 0.3) is 0 Å². The van der Waals surface area contributed by atoms with E-state index in [9.17, 15) is 23.5 Å². The molecule has 2 aliphatic rings. The topological polar surface area (TPSA) is 62.5 Å². The van der Waals surface area contributed by atoms with Crippen LogP contribution in [0.4, 0.5) is 8.78 Å². The number of carbonyl (C=O) groups excluding carboxylic acids is 1. The van der Waals surface area contributed by atoms with E-state index in [1.54, 1.807) is 4.90 Å². The highest BCUT2D eigenvalue weighted by Gasteiger charge is 2.61. The van der Waals surface area contributed by atoms with Crippen LogP contribution in [0.1, 0.15) is 41.9 Å². The van der Waals surface area contributed by atoms with Crippen molar-refractivity contribution in [2.24, 2.45) is 5.41 Å². The molecule has 0 saturated carbocycles. The Morgan fingerprint density at radius 1 is 1.15 bits per heavy atom. The third-order valence-corrected chi connectivity index (χ3v) is 5.97. The number of nitrogens with zero attached hydrogens (tertiary/aromatic N) is 2. The van der Waals surface area contributed by atoms with Crippen molar-refractivity contribution in [3.8, 4) is 0 Å². The molecule has 1 N–H and O–H groups in total. The number of amides is 1. The minimum absolute atomic E-state index is 0.0946. The lowest BCUT2D eigenvalue weighted by molar-refractivity contribution is -0.150. The van der Waals surface area contributed by atoms with Gasteiger partial charge in [-0.05, 0) is 43.4 Å². The van der Waals surface area contributed by atoms with Gasteiger partial charge in [0.2, 0.25) is 0 Å². The number of carbonyl (C=O) groups is 2. The third-order valence-electron chi connectivity index (χ3n) is 5.97. The van der Waals surface area contributed by atoms with Gasteiger partial charge in [-0.3, -0.25) is 14.2 Å². The van der Waals surface area contributed by atoms with Crippen LogP contribution in [-0.4, -0.2) is 38.5 Å². The molecule has 142 valence electrons. The second-order valence-electron chi connectivity index (χ2n) is 7.37. The van der Waals surface area contributed by atoms with Crippen molar-refractivity contribution >= 4 is 11.9 Å². The Hall–Kier alpha value is -2.70. The highest BCUT2D eigenvalue weighted by molar-refractivity contribution is 5.95. The molecule has 2 fully saturated rings. The van der Waals surface area contributed by atoms with Crippen LogP contribution in [-0.2, 0) is 11.2 Å². The number of hydrogen-bond donors (Lipinski definition) is 1. The molecule has 0 radical (unpaired) electrons. The predicted octanol–water partition coefficient (Wildman–Crippen LogP) is 3.57. The predicted molar refractivity (Wildman–Crippen MR) is 93.5 cm³/mol. The van der Waals surface area contributed by atoms with Gasteiger partial charge in [-0.1, -0.05) is 30.3 Å². The highest BCUT2D eigenvalue weighted by Crippen LogP contribution is 2.52. The van der Waals surface area contributed by atoms with Crippen LogP contribution >= 0.6 is 0 Å². The zero-order valence-corrected chi connectivity index (χ0v) is 14.6. The molecule has 2 saturated heterocycles. The summed E-state index contributed by atoms with van der Waals surface area (Å²) in [5.74, 6) is -1.44. The first-order chi connectivity index (χ1) is 12.9. The number of fused-ring (bicyclic) bond motifs is 2. The van der Waals surface area contributed by atoms with Crippen molar-refractivity contribution < 1.29 is 23.5 Å². The Bertz CT molecular complexity index is 867. The number of rotatable bonds is 5. The normalized spacial score (nSPS) is 26.7. The molecule has 27 heavy (non-hydrogen) atoms. The number of aromatic nitrogens is 1. The summed E-state index contributed by atoms with van der Waals surface area (Å²) in [6, 6.07) is 11.4. The fraction of sp³-hybridized carbons (Fsp3) is 0.400. The first-order valence-corrected chi connectivity index (χ1v) is 8.99. The van der Waals surface area contributed by atoms with Gasteiger partial charge in [0.1, 0.15) is 5.69 Å². The monoisotopic (exact) mass is 374 g/mol. The fourth-order valence-electron chi connectivity index (χ4n) is 4.82. The molecule has 2 bridgehead atoms. The van der Waals surface area contributed by atoms with E-state index in [4.69, 9.17) is 0 Å². The Morgan fingerprint density at radius 3 is 2.56 bits per heavy atom. The molecule has 1 amide bonds. The molecule has 0 spiro atoms. The largest absolute Gasteiger partial charge is 0.481 e. The van der Waals surface area contributed by atoms with E-state index in [0.29, 0.717) is 30.3 Å². The summed E-state index contributed by atoms with van der Waals surface area (Å²) < 4.78 is 27.0. The first kappa shape index (κ1) is 17.7. The maximum absolute atomic E-state index is 13.2. The summed E-state index contributed by atoms with van der Waals surface area (Å²) >= 11 is 0. The van der Waals surface area contributed by atoms with Crippen LogP contribution in [0.3, 0.4) is 0 Å². The summed E-state index contributed by atoms with van der Waals surface area (Å²) in [4.78, 5) is 26.9. The summed E-state index contributed by atoms with van der Waals surface area (Å²) in [5.41, 5.74) is -0.277. The summed E-state index contributed by atoms with van der Waals surface area (Å²) in [5, 5.41) is 10.1. The number of alkyl halides is 2. The zero-order chi connectivity index (χ0) is 19.2. The summed E-state index contributed by atoms with van der Waals surface area (Å²) in [7, 11) is 0. The van der Waals surface area contributed by atoms with Crippen molar-refractivity contribution in [3.05, 3.63) is 59.9 Å². The van der Waals surface area contributed by atoms with Crippen molar-refractivity contribution in [3.63, 3.8) is 0 Å². The van der Waals surface area contributed by atoms with Crippen LogP contribution in [0.5, 0.6) is 0 Å². The van der Waals surface area contributed by atoms with Crippen molar-refractivity contribution in [2.45, 2.75) is 44.3 Å². The molecule has 1 aromatic heterocycles. The number of carboxylic acid groups (broad SMARTS) is 1. The smallest absolute Gasteiger partial charge is 0.319 e. The summed E-state index contributed by atoms with van der Waals surface area (Å²) in [6.45, 7) is -2.81. The molecule has 3 atom stereocenters. The first-order valence-electron chi connectivity index (χ1n) is 8.99. The molecule has 3 heterocycles. The fourth-order valence-corrected chi connectivity index (χ4v) is 4.82. The highest BCUT2D eigenvalue weighted by atomic mass is 19.3. The lowest BCUT2D eigenvalue weighted by atomic mass is 9.70. The minimum Gasteiger partial charge on any atom is -0.481 e. The summed E-state index contributed by atoms with van der Waals surface area (Å²) in [6.07, 6.45) is 3.12. The maximum Gasteiger partial charge on any atom is 0.319 e. The zero-order valence-electron chi connectivity index (χ0n) is 14.6. The van der Waals surface area contributed by atoms with Crippen molar-refractivity contribution in [1.82, 2.24) is 9.47 Å². The second-order valence-corrected chi connectivity index (χ2v) is 7.37. The molecule has 0 unspecified atom stereocenters. The van der Waals surface area contributed by atoms with Gasteiger partial charge in [-0.15, -0.1) is 0 Å². The van der Waals surface area contributed by atoms with Gasteiger partial charge in [-0.25, -0.2) is 0 Å². The third kappa shape index (κ3) is 2.72. The van der Waals surface area contributed by atoms with Gasteiger partial charge in [0.25, 0.3) is 5.91 Å². The molecule has 5 nitrogen and oxygen atoms in total. The minimum atomic E-state index is -2.81. The molecule has 4 rings (SSSR count). The molecule has 2 aliphatic heterocycles. The standard InChI is InChI=1S/C20H20F2N2O3/c21-19(22)23-10-4-7-15(23)17(25)24-14-8-9-16(24)20(12-14,18(26)27)11-13-5-2-1-3-6-13/h1-7,10,14,16,19H,8-9,11-12H2,(H,26,27)/t14-,16+,20+/m0/s1. The molecule has 7 heteroatoms. The van der Waals surface area contributed by atoms with Crippen LogP contribution < -0.4 is 0 Å². The molecule has 2 aromatic rings. The number of halogens is 2. The van der Waals surface area contributed by atoms with E-state index in [1.807, 2.05) is 30.3 Å².